The summed E-state index contributed by atoms with van der Waals surface area (Å²) in [5.74, 6) is 1.36. The van der Waals surface area contributed by atoms with E-state index in [0.29, 0.717) is 17.9 Å². The molecule has 0 N–H and O–H groups in total. The van der Waals surface area contributed by atoms with E-state index in [2.05, 4.69) is 52.4 Å². The van der Waals surface area contributed by atoms with Crippen molar-refractivity contribution in [1.82, 2.24) is 15.0 Å². The van der Waals surface area contributed by atoms with Gasteiger partial charge in [0.25, 0.3) is 0 Å². The molecule has 0 spiro atoms. The second kappa shape index (κ2) is 6.34. The van der Waals surface area contributed by atoms with Crippen LogP contribution in [0.3, 0.4) is 0 Å². The second-order valence-electron chi connectivity index (χ2n) is 6.91. The first kappa shape index (κ1) is 16.3. The maximum absolute atomic E-state index is 6.12. The number of halogens is 1. The van der Waals surface area contributed by atoms with Gasteiger partial charge in [-0.15, -0.1) is 0 Å². The highest BCUT2D eigenvalue weighted by Gasteiger charge is 2.26. The van der Waals surface area contributed by atoms with Crippen LogP contribution >= 0.6 is 11.6 Å². The molecule has 1 aliphatic heterocycles. The molecule has 118 valence electrons. The molecule has 6 heteroatoms. The Kier molecular flexibility index (Phi) is 4.91. The van der Waals surface area contributed by atoms with E-state index < -0.39 is 0 Å². The summed E-state index contributed by atoms with van der Waals surface area (Å²) >= 11 is 6.12. The van der Waals surface area contributed by atoms with Crippen molar-refractivity contribution in [2.75, 3.05) is 29.9 Å². The minimum Gasteiger partial charge on any atom is -0.341 e. The predicted octanol–water partition coefficient (Wildman–Crippen LogP) is 3.39. The molecule has 1 aliphatic rings. The molecule has 0 bridgehead atoms. The third-order valence-electron chi connectivity index (χ3n) is 4.37. The van der Waals surface area contributed by atoms with Crippen LogP contribution in [-0.4, -0.2) is 41.1 Å². The maximum atomic E-state index is 6.12. The van der Waals surface area contributed by atoms with Gasteiger partial charge in [0.1, 0.15) is 0 Å². The fraction of sp³-hybridized carbons (Fsp3) is 0.800. The van der Waals surface area contributed by atoms with Crippen molar-refractivity contribution >= 4 is 23.5 Å². The third-order valence-corrected chi connectivity index (χ3v) is 4.54. The van der Waals surface area contributed by atoms with Crippen LogP contribution in [0, 0.1) is 5.41 Å². The highest BCUT2D eigenvalue weighted by atomic mass is 35.5. The van der Waals surface area contributed by atoms with Crippen LogP contribution in [0.15, 0.2) is 0 Å². The molecule has 5 nitrogen and oxygen atoms in total. The highest BCUT2D eigenvalue weighted by Crippen LogP contribution is 2.27. The van der Waals surface area contributed by atoms with Crippen molar-refractivity contribution in [2.24, 2.45) is 5.41 Å². The molecule has 21 heavy (non-hydrogen) atoms. The van der Waals surface area contributed by atoms with Crippen molar-refractivity contribution in [3.63, 3.8) is 0 Å². The highest BCUT2D eigenvalue weighted by molar-refractivity contribution is 6.28. The van der Waals surface area contributed by atoms with E-state index in [4.69, 9.17) is 11.6 Å². The lowest BCUT2D eigenvalue weighted by Crippen LogP contribution is -2.41. The number of hydrogen-bond donors (Lipinski definition) is 0. The molecule has 1 unspecified atom stereocenters. The molecular weight excluding hydrogens is 286 g/mol. The summed E-state index contributed by atoms with van der Waals surface area (Å²) in [4.78, 5) is 17.5. The number of hydrogen-bond acceptors (Lipinski definition) is 5. The first-order chi connectivity index (χ1) is 9.79. The summed E-state index contributed by atoms with van der Waals surface area (Å²) in [6.45, 7) is 10.8. The summed E-state index contributed by atoms with van der Waals surface area (Å²) in [6.07, 6.45) is 3.66. The van der Waals surface area contributed by atoms with Gasteiger partial charge in [0.15, 0.2) is 0 Å². The average molecular weight is 312 g/mol. The Morgan fingerprint density at radius 3 is 2.29 bits per heavy atom. The zero-order chi connectivity index (χ0) is 15.6. The lowest BCUT2D eigenvalue weighted by molar-refractivity contribution is 0.327. The number of nitrogens with zero attached hydrogens (tertiary/aromatic N) is 5. The van der Waals surface area contributed by atoms with E-state index in [0.717, 1.165) is 13.1 Å². The summed E-state index contributed by atoms with van der Waals surface area (Å²) in [6, 6.07) is 0.296. The van der Waals surface area contributed by atoms with Gasteiger partial charge in [0.05, 0.1) is 0 Å². The van der Waals surface area contributed by atoms with Crippen molar-refractivity contribution in [2.45, 2.75) is 53.0 Å². The molecule has 2 rings (SSSR count). The summed E-state index contributed by atoms with van der Waals surface area (Å²) in [5.41, 5.74) is 0.138. The number of piperidine rings is 1. The van der Waals surface area contributed by atoms with Gasteiger partial charge < -0.3 is 9.80 Å². The van der Waals surface area contributed by atoms with Gasteiger partial charge >= 0.3 is 0 Å². The Hall–Kier alpha value is -1.10. The fourth-order valence-electron chi connectivity index (χ4n) is 2.48. The van der Waals surface area contributed by atoms with Crippen molar-refractivity contribution in [3.05, 3.63) is 5.28 Å². The van der Waals surface area contributed by atoms with Gasteiger partial charge in [0, 0.05) is 26.2 Å². The maximum Gasteiger partial charge on any atom is 0.231 e. The number of anilines is 2. The zero-order valence-corrected chi connectivity index (χ0v) is 14.5. The van der Waals surface area contributed by atoms with E-state index in [1.54, 1.807) is 0 Å². The second-order valence-corrected chi connectivity index (χ2v) is 7.24. The molecule has 2 heterocycles. The Labute approximate surface area is 132 Å². The minimum atomic E-state index is 0.138. The summed E-state index contributed by atoms with van der Waals surface area (Å²) < 4.78 is 0. The molecular formula is C15H26ClN5. The van der Waals surface area contributed by atoms with Gasteiger partial charge in [-0.3, -0.25) is 0 Å². The summed E-state index contributed by atoms with van der Waals surface area (Å²) in [5, 5.41) is 0.272. The van der Waals surface area contributed by atoms with Crippen molar-refractivity contribution < 1.29 is 0 Å². The van der Waals surface area contributed by atoms with Crippen LogP contribution in [-0.2, 0) is 0 Å². The fourth-order valence-corrected chi connectivity index (χ4v) is 2.63. The average Bonchev–Trinajstić information content (AvgIpc) is 2.45. The molecule has 0 aliphatic carbocycles. The number of aromatic nitrogens is 3. The van der Waals surface area contributed by atoms with Crippen LogP contribution in [0.5, 0.6) is 0 Å². The summed E-state index contributed by atoms with van der Waals surface area (Å²) in [7, 11) is 2.02. The molecule has 0 saturated carbocycles. The first-order valence-corrected chi connectivity index (χ1v) is 8.06. The Bertz CT molecular complexity index is 479. The zero-order valence-electron chi connectivity index (χ0n) is 13.7. The normalized spacial score (nSPS) is 17.7. The van der Waals surface area contributed by atoms with Gasteiger partial charge in [-0.1, -0.05) is 20.8 Å². The molecule has 1 saturated heterocycles. The van der Waals surface area contributed by atoms with E-state index in [1.165, 1.54) is 19.3 Å². The van der Waals surface area contributed by atoms with Gasteiger partial charge in [-0.2, -0.15) is 15.0 Å². The Morgan fingerprint density at radius 2 is 1.71 bits per heavy atom. The van der Waals surface area contributed by atoms with Gasteiger partial charge in [-0.25, -0.2) is 0 Å². The van der Waals surface area contributed by atoms with Crippen molar-refractivity contribution in [3.8, 4) is 0 Å². The van der Waals surface area contributed by atoms with E-state index in [1.807, 2.05) is 7.05 Å². The van der Waals surface area contributed by atoms with E-state index in [-0.39, 0.29) is 10.7 Å². The third kappa shape index (κ3) is 3.96. The molecule has 1 atom stereocenters. The SMILES string of the molecule is CC(N(C)c1nc(Cl)nc(N2CCCCC2)n1)C(C)(C)C. The number of rotatable bonds is 3. The van der Waals surface area contributed by atoms with Crippen molar-refractivity contribution in [1.29, 1.82) is 0 Å². The van der Waals surface area contributed by atoms with Crippen LogP contribution in [0.4, 0.5) is 11.9 Å². The van der Waals surface area contributed by atoms with Crippen LogP contribution in [0.2, 0.25) is 5.28 Å². The first-order valence-electron chi connectivity index (χ1n) is 7.68. The predicted molar refractivity (Wildman–Crippen MR) is 88.2 cm³/mol. The quantitative estimate of drug-likeness (QED) is 0.856. The topological polar surface area (TPSA) is 45.2 Å². The van der Waals surface area contributed by atoms with E-state index in [9.17, 15) is 0 Å². The molecule has 1 fully saturated rings. The molecule has 1 aromatic heterocycles. The standard InChI is InChI=1S/C15H26ClN5/c1-11(15(2,3)4)20(5)13-17-12(16)18-14(19-13)21-9-7-6-8-10-21/h11H,6-10H2,1-5H3. The molecule has 0 radical (unpaired) electrons. The van der Waals surface area contributed by atoms with E-state index >= 15 is 0 Å². The largest absolute Gasteiger partial charge is 0.341 e. The smallest absolute Gasteiger partial charge is 0.231 e. The Morgan fingerprint density at radius 1 is 1.10 bits per heavy atom. The van der Waals surface area contributed by atoms with Gasteiger partial charge in [0.2, 0.25) is 17.2 Å². The molecule has 0 aromatic carbocycles. The Balaban J connectivity index is 2.25. The van der Waals surface area contributed by atoms with Crippen LogP contribution < -0.4 is 9.80 Å². The molecule has 0 amide bonds. The monoisotopic (exact) mass is 311 g/mol. The lowest BCUT2D eigenvalue weighted by atomic mass is 9.87. The lowest BCUT2D eigenvalue weighted by Gasteiger charge is -2.35. The van der Waals surface area contributed by atoms with Gasteiger partial charge in [-0.05, 0) is 43.2 Å². The van der Waals surface area contributed by atoms with Crippen LogP contribution in [0.1, 0.15) is 47.0 Å². The van der Waals surface area contributed by atoms with Crippen LogP contribution in [0.25, 0.3) is 0 Å². The minimum absolute atomic E-state index is 0.138. The molecule has 1 aromatic rings.